The first-order valence-corrected chi connectivity index (χ1v) is 4.90. The number of carbonyl (C=O) groups is 2. The predicted octanol–water partition coefficient (Wildman–Crippen LogP) is 0.745. The van der Waals surface area contributed by atoms with Crippen LogP contribution in [0.1, 0.15) is 11.6 Å². The lowest BCUT2D eigenvalue weighted by molar-refractivity contribution is -0.139. The van der Waals surface area contributed by atoms with Crippen molar-refractivity contribution in [2.24, 2.45) is 0 Å². The summed E-state index contributed by atoms with van der Waals surface area (Å²) in [6.45, 7) is 0.0486. The fourth-order valence-corrected chi connectivity index (χ4v) is 1.25. The smallest absolute Gasteiger partial charge is 0.330 e. The Kier molecular flexibility index (Phi) is 4.58. The Morgan fingerprint density at radius 3 is 2.53 bits per heavy atom. The summed E-state index contributed by atoms with van der Waals surface area (Å²) < 4.78 is 0. The molecule has 0 bridgehead atoms. The van der Waals surface area contributed by atoms with E-state index in [0.29, 0.717) is 5.56 Å². The molecule has 0 saturated heterocycles. The van der Waals surface area contributed by atoms with Crippen molar-refractivity contribution in [1.29, 1.82) is 0 Å². The van der Waals surface area contributed by atoms with Crippen LogP contribution in [0.5, 0.6) is 0 Å². The number of hydrogen-bond donors (Lipinski definition) is 3. The van der Waals surface area contributed by atoms with Gasteiger partial charge in [0, 0.05) is 0 Å². The van der Waals surface area contributed by atoms with Gasteiger partial charge in [0.15, 0.2) is 6.04 Å². The van der Waals surface area contributed by atoms with Crippen molar-refractivity contribution >= 4 is 12.0 Å². The second-order valence-electron chi connectivity index (χ2n) is 3.21. The van der Waals surface area contributed by atoms with E-state index in [1.165, 1.54) is 0 Å². The first kappa shape index (κ1) is 12.6. The maximum atomic E-state index is 11.3. The molecule has 0 saturated carbocycles. The molecule has 0 radical (unpaired) electrons. The molecule has 5 heteroatoms. The van der Waals surface area contributed by atoms with Gasteiger partial charge in [0.25, 0.3) is 0 Å². The molecule has 0 aliphatic heterocycles. The molecule has 0 aromatic heterocycles. The zero-order valence-corrected chi connectivity index (χ0v) is 9.01. The fraction of sp³-hybridized carbons (Fsp3) is 0.167. The number of hydrogen-bond acceptors (Lipinski definition) is 2. The van der Waals surface area contributed by atoms with Crippen LogP contribution >= 0.6 is 0 Å². The zero-order chi connectivity index (χ0) is 12.7. The first-order chi connectivity index (χ1) is 8.15. The third kappa shape index (κ3) is 3.87. The minimum absolute atomic E-state index is 0.0486. The van der Waals surface area contributed by atoms with Crippen LogP contribution < -0.4 is 10.6 Å². The van der Waals surface area contributed by atoms with Gasteiger partial charge in [-0.15, -0.1) is 6.42 Å². The van der Waals surface area contributed by atoms with Crippen LogP contribution in [0.2, 0.25) is 0 Å². The van der Waals surface area contributed by atoms with Gasteiger partial charge in [0.2, 0.25) is 0 Å². The standard InChI is InChI=1S/C12H12N2O3/c1-2-8-13-12(17)14-10(11(15)16)9-6-4-3-5-7-9/h1,3-7,10H,8H2,(H,15,16)(H2,13,14,17). The van der Waals surface area contributed by atoms with Crippen molar-refractivity contribution in [3.8, 4) is 12.3 Å². The number of terminal acetylenes is 1. The quantitative estimate of drug-likeness (QED) is 0.670. The van der Waals surface area contributed by atoms with E-state index in [9.17, 15) is 9.59 Å². The highest BCUT2D eigenvalue weighted by molar-refractivity contribution is 5.83. The molecule has 17 heavy (non-hydrogen) atoms. The van der Waals surface area contributed by atoms with E-state index >= 15 is 0 Å². The van der Waals surface area contributed by atoms with Crippen molar-refractivity contribution in [2.75, 3.05) is 6.54 Å². The predicted molar refractivity (Wildman–Crippen MR) is 62.2 cm³/mol. The monoisotopic (exact) mass is 232 g/mol. The van der Waals surface area contributed by atoms with Gasteiger partial charge in [-0.3, -0.25) is 0 Å². The first-order valence-electron chi connectivity index (χ1n) is 4.90. The van der Waals surface area contributed by atoms with E-state index in [4.69, 9.17) is 11.5 Å². The normalized spacial score (nSPS) is 11.0. The van der Waals surface area contributed by atoms with E-state index in [1.54, 1.807) is 30.3 Å². The molecule has 0 heterocycles. The van der Waals surface area contributed by atoms with Gasteiger partial charge in [0.05, 0.1) is 6.54 Å². The molecule has 1 aromatic carbocycles. The molecular formula is C12H12N2O3. The summed E-state index contributed by atoms with van der Waals surface area (Å²) in [7, 11) is 0. The summed E-state index contributed by atoms with van der Waals surface area (Å²) in [4.78, 5) is 22.3. The van der Waals surface area contributed by atoms with Gasteiger partial charge in [-0.25, -0.2) is 9.59 Å². The lowest BCUT2D eigenvalue weighted by atomic mass is 10.1. The molecule has 2 amide bonds. The highest BCUT2D eigenvalue weighted by Crippen LogP contribution is 2.12. The molecule has 0 fully saturated rings. The van der Waals surface area contributed by atoms with Crippen molar-refractivity contribution in [2.45, 2.75) is 6.04 Å². The number of rotatable bonds is 4. The molecule has 1 rings (SSSR count). The van der Waals surface area contributed by atoms with Gasteiger partial charge in [-0.05, 0) is 5.56 Å². The molecule has 0 aliphatic carbocycles. The largest absolute Gasteiger partial charge is 0.479 e. The molecule has 0 aliphatic rings. The maximum absolute atomic E-state index is 11.3. The molecule has 5 nitrogen and oxygen atoms in total. The van der Waals surface area contributed by atoms with Gasteiger partial charge >= 0.3 is 12.0 Å². The van der Waals surface area contributed by atoms with E-state index in [0.717, 1.165) is 0 Å². The number of amides is 2. The number of urea groups is 1. The van der Waals surface area contributed by atoms with Gasteiger partial charge in [-0.2, -0.15) is 0 Å². The Balaban J connectivity index is 2.72. The molecule has 1 aromatic rings. The molecule has 88 valence electrons. The van der Waals surface area contributed by atoms with Gasteiger partial charge in [-0.1, -0.05) is 36.3 Å². The van der Waals surface area contributed by atoms with Crippen molar-refractivity contribution in [3.63, 3.8) is 0 Å². The maximum Gasteiger partial charge on any atom is 0.330 e. The fourth-order valence-electron chi connectivity index (χ4n) is 1.25. The third-order valence-corrected chi connectivity index (χ3v) is 2.01. The van der Waals surface area contributed by atoms with Crippen LogP contribution in [0.15, 0.2) is 30.3 Å². The number of carboxylic acids is 1. The second-order valence-corrected chi connectivity index (χ2v) is 3.21. The highest BCUT2D eigenvalue weighted by atomic mass is 16.4. The Morgan fingerprint density at radius 1 is 1.35 bits per heavy atom. The van der Waals surface area contributed by atoms with E-state index in [-0.39, 0.29) is 6.54 Å². The Hall–Kier alpha value is -2.48. The van der Waals surface area contributed by atoms with Gasteiger partial charge < -0.3 is 15.7 Å². The highest BCUT2D eigenvalue weighted by Gasteiger charge is 2.21. The summed E-state index contributed by atoms with van der Waals surface area (Å²) >= 11 is 0. The summed E-state index contributed by atoms with van der Waals surface area (Å²) in [6.07, 6.45) is 4.97. The Bertz CT molecular complexity index is 437. The number of nitrogens with one attached hydrogen (secondary N) is 2. The number of aliphatic carboxylic acids is 1. The Labute approximate surface area is 98.8 Å². The SMILES string of the molecule is C#CCNC(=O)NC(C(=O)O)c1ccccc1. The molecular weight excluding hydrogens is 220 g/mol. The van der Waals surface area contributed by atoms with E-state index in [2.05, 4.69) is 16.6 Å². The van der Waals surface area contributed by atoms with E-state index in [1.807, 2.05) is 0 Å². The summed E-state index contributed by atoms with van der Waals surface area (Å²) in [5.74, 6) is 1.09. The summed E-state index contributed by atoms with van der Waals surface area (Å²) in [6, 6.07) is 6.72. The van der Waals surface area contributed by atoms with E-state index < -0.39 is 18.0 Å². The summed E-state index contributed by atoms with van der Waals surface area (Å²) in [5.41, 5.74) is 0.496. The molecule has 3 N–H and O–H groups in total. The lowest BCUT2D eigenvalue weighted by Gasteiger charge is -2.14. The average Bonchev–Trinajstić information content (AvgIpc) is 2.34. The average molecular weight is 232 g/mol. The molecule has 1 atom stereocenters. The minimum Gasteiger partial charge on any atom is -0.479 e. The number of carboxylic acid groups (broad SMARTS) is 1. The number of carbonyl (C=O) groups excluding carboxylic acids is 1. The van der Waals surface area contributed by atoms with Crippen LogP contribution in [0.3, 0.4) is 0 Å². The molecule has 0 spiro atoms. The van der Waals surface area contributed by atoms with Crippen LogP contribution in [0.4, 0.5) is 4.79 Å². The third-order valence-electron chi connectivity index (χ3n) is 2.01. The van der Waals surface area contributed by atoms with Crippen molar-refractivity contribution < 1.29 is 14.7 Å². The van der Waals surface area contributed by atoms with Crippen LogP contribution in [-0.4, -0.2) is 23.7 Å². The molecule has 1 unspecified atom stereocenters. The van der Waals surface area contributed by atoms with Crippen LogP contribution in [0, 0.1) is 12.3 Å². The summed E-state index contributed by atoms with van der Waals surface area (Å²) in [5, 5.41) is 13.7. The second kappa shape index (κ2) is 6.18. The van der Waals surface area contributed by atoms with Crippen LogP contribution in [0.25, 0.3) is 0 Å². The lowest BCUT2D eigenvalue weighted by Crippen LogP contribution is -2.40. The van der Waals surface area contributed by atoms with Gasteiger partial charge in [0.1, 0.15) is 0 Å². The minimum atomic E-state index is -1.13. The van der Waals surface area contributed by atoms with Crippen molar-refractivity contribution in [3.05, 3.63) is 35.9 Å². The Morgan fingerprint density at radius 2 is 2.00 bits per heavy atom. The van der Waals surface area contributed by atoms with Crippen LogP contribution in [-0.2, 0) is 4.79 Å². The zero-order valence-electron chi connectivity index (χ0n) is 9.01. The topological polar surface area (TPSA) is 78.4 Å². The number of benzene rings is 1. The van der Waals surface area contributed by atoms with Crippen molar-refractivity contribution in [1.82, 2.24) is 10.6 Å².